The van der Waals surface area contributed by atoms with Crippen molar-refractivity contribution in [3.05, 3.63) is 65.5 Å². The average molecular weight is 282 g/mol. The number of nitrogens with zero attached hydrogens (tertiary/aromatic N) is 1. The van der Waals surface area contributed by atoms with Crippen LogP contribution < -0.4 is 5.32 Å². The summed E-state index contributed by atoms with van der Waals surface area (Å²) in [7, 11) is 2.05. The lowest BCUT2D eigenvalue weighted by Crippen LogP contribution is -2.28. The normalized spacial score (nSPS) is 12.6. The largest absolute Gasteiger partial charge is 0.317 e. The molecule has 1 unspecified atom stereocenters. The Balaban J connectivity index is 1.89. The molecule has 112 valence electrons. The Bertz CT molecular complexity index is 517. The van der Waals surface area contributed by atoms with Crippen LogP contribution in [0.5, 0.6) is 0 Å². The molecule has 1 aromatic heterocycles. The molecule has 21 heavy (non-hydrogen) atoms. The number of pyridine rings is 1. The highest BCUT2D eigenvalue weighted by Gasteiger charge is 2.08. The van der Waals surface area contributed by atoms with Crippen molar-refractivity contribution in [1.29, 1.82) is 0 Å². The van der Waals surface area contributed by atoms with Crippen molar-refractivity contribution < 1.29 is 0 Å². The summed E-state index contributed by atoms with van der Waals surface area (Å²) in [6.07, 6.45) is 7.08. The van der Waals surface area contributed by atoms with Crippen molar-refractivity contribution in [1.82, 2.24) is 10.3 Å². The van der Waals surface area contributed by atoms with E-state index in [0.29, 0.717) is 12.0 Å². The lowest BCUT2D eigenvalue weighted by Gasteiger charge is -2.17. The van der Waals surface area contributed by atoms with E-state index in [1.807, 2.05) is 18.5 Å². The Morgan fingerprint density at radius 3 is 2.38 bits per heavy atom. The topological polar surface area (TPSA) is 24.9 Å². The van der Waals surface area contributed by atoms with Gasteiger partial charge in [0, 0.05) is 18.4 Å². The molecule has 0 amide bonds. The van der Waals surface area contributed by atoms with Crippen molar-refractivity contribution in [2.45, 2.75) is 45.1 Å². The molecule has 2 nitrogen and oxygen atoms in total. The van der Waals surface area contributed by atoms with Gasteiger partial charge in [0.15, 0.2) is 0 Å². The molecule has 2 heteroatoms. The zero-order chi connectivity index (χ0) is 15.1. The molecule has 0 fully saturated rings. The summed E-state index contributed by atoms with van der Waals surface area (Å²) in [5.74, 6) is 0.602. The van der Waals surface area contributed by atoms with Crippen molar-refractivity contribution in [3.8, 4) is 0 Å². The predicted octanol–water partition coefficient (Wildman–Crippen LogP) is 3.97. The molecule has 0 aliphatic rings. The van der Waals surface area contributed by atoms with Crippen LogP contribution in [0, 0.1) is 0 Å². The van der Waals surface area contributed by atoms with E-state index in [-0.39, 0.29) is 0 Å². The fourth-order valence-electron chi connectivity index (χ4n) is 2.56. The van der Waals surface area contributed by atoms with Gasteiger partial charge in [-0.25, -0.2) is 0 Å². The Labute approximate surface area is 128 Å². The van der Waals surface area contributed by atoms with Crippen LogP contribution in [0.1, 0.15) is 42.9 Å². The summed E-state index contributed by atoms with van der Waals surface area (Å²) < 4.78 is 0. The molecule has 0 saturated carbocycles. The van der Waals surface area contributed by atoms with E-state index in [1.165, 1.54) is 16.7 Å². The van der Waals surface area contributed by atoms with Gasteiger partial charge < -0.3 is 5.32 Å². The zero-order valence-corrected chi connectivity index (χ0v) is 13.3. The van der Waals surface area contributed by atoms with Crippen molar-refractivity contribution in [2.24, 2.45) is 0 Å². The van der Waals surface area contributed by atoms with Gasteiger partial charge in [0.1, 0.15) is 0 Å². The number of benzene rings is 1. The Morgan fingerprint density at radius 1 is 1.05 bits per heavy atom. The number of hydrogen-bond acceptors (Lipinski definition) is 2. The second kappa shape index (κ2) is 7.94. The van der Waals surface area contributed by atoms with Gasteiger partial charge >= 0.3 is 0 Å². The number of aryl methyl sites for hydroxylation is 1. The van der Waals surface area contributed by atoms with Gasteiger partial charge in [-0.2, -0.15) is 0 Å². The van der Waals surface area contributed by atoms with E-state index in [0.717, 1.165) is 19.3 Å². The summed E-state index contributed by atoms with van der Waals surface area (Å²) in [4.78, 5) is 4.18. The van der Waals surface area contributed by atoms with Crippen LogP contribution in [0.15, 0.2) is 48.8 Å². The smallest absolute Gasteiger partial charge is 0.0299 e. The number of likely N-dealkylation sites (N-methyl/N-ethyl adjacent to an activating group) is 1. The highest BCUT2D eigenvalue weighted by Crippen LogP contribution is 2.16. The molecule has 0 bridgehead atoms. The van der Waals surface area contributed by atoms with E-state index >= 15 is 0 Å². The highest BCUT2D eigenvalue weighted by atomic mass is 14.9. The monoisotopic (exact) mass is 282 g/mol. The van der Waals surface area contributed by atoms with Crippen molar-refractivity contribution >= 4 is 0 Å². The quantitative estimate of drug-likeness (QED) is 0.831. The first kappa shape index (κ1) is 15.7. The minimum Gasteiger partial charge on any atom is -0.317 e. The minimum absolute atomic E-state index is 0.509. The molecule has 1 N–H and O–H groups in total. The molecular weight excluding hydrogens is 256 g/mol. The van der Waals surface area contributed by atoms with E-state index in [9.17, 15) is 0 Å². The maximum atomic E-state index is 4.18. The molecule has 0 saturated heterocycles. The summed E-state index contributed by atoms with van der Waals surface area (Å²) in [6, 6.07) is 13.7. The molecule has 1 aromatic carbocycles. The molecule has 1 heterocycles. The fraction of sp³-hybridized carbons (Fsp3) is 0.421. The summed E-state index contributed by atoms with van der Waals surface area (Å²) in [5.41, 5.74) is 4.13. The first-order chi connectivity index (χ1) is 10.2. The van der Waals surface area contributed by atoms with Crippen LogP contribution in [0.4, 0.5) is 0 Å². The third-order valence-electron chi connectivity index (χ3n) is 4.04. The fourth-order valence-corrected chi connectivity index (χ4v) is 2.56. The van der Waals surface area contributed by atoms with Crippen LogP contribution in [0.3, 0.4) is 0 Å². The first-order valence-corrected chi connectivity index (χ1v) is 7.84. The highest BCUT2D eigenvalue weighted by molar-refractivity contribution is 5.25. The molecule has 2 aromatic rings. The molecular formula is C19H26N2. The number of rotatable bonds is 7. The van der Waals surface area contributed by atoms with Gasteiger partial charge in [0.2, 0.25) is 0 Å². The van der Waals surface area contributed by atoms with E-state index in [1.54, 1.807) is 0 Å². The van der Waals surface area contributed by atoms with Crippen molar-refractivity contribution in [3.63, 3.8) is 0 Å². The number of aromatic nitrogens is 1. The average Bonchev–Trinajstić information content (AvgIpc) is 2.53. The Kier molecular flexibility index (Phi) is 5.94. The van der Waals surface area contributed by atoms with Crippen LogP contribution >= 0.6 is 0 Å². The lowest BCUT2D eigenvalue weighted by atomic mass is 9.97. The number of nitrogens with one attached hydrogen (secondary N) is 1. The van der Waals surface area contributed by atoms with Gasteiger partial charge in [0.05, 0.1) is 0 Å². The predicted molar refractivity (Wildman–Crippen MR) is 89.6 cm³/mol. The molecule has 0 radical (unpaired) electrons. The summed E-state index contributed by atoms with van der Waals surface area (Å²) in [6.45, 7) is 4.47. The molecule has 0 spiro atoms. The Hall–Kier alpha value is -1.67. The maximum absolute atomic E-state index is 4.18. The summed E-state index contributed by atoms with van der Waals surface area (Å²) in [5, 5.41) is 3.44. The van der Waals surface area contributed by atoms with E-state index in [4.69, 9.17) is 0 Å². The standard InChI is InChI=1S/C19H26N2/c1-15(2)18-9-6-16(7-10-18)13-19(20-3)11-8-17-5-4-12-21-14-17/h4-7,9-10,12,14-15,19-20H,8,11,13H2,1-3H3. The van der Waals surface area contributed by atoms with Gasteiger partial charge in [-0.3, -0.25) is 4.98 Å². The van der Waals surface area contributed by atoms with Gasteiger partial charge in [-0.15, -0.1) is 0 Å². The van der Waals surface area contributed by atoms with Gasteiger partial charge in [0.25, 0.3) is 0 Å². The number of hydrogen-bond donors (Lipinski definition) is 1. The molecule has 2 rings (SSSR count). The molecule has 0 aliphatic carbocycles. The zero-order valence-electron chi connectivity index (χ0n) is 13.3. The van der Waals surface area contributed by atoms with E-state index in [2.05, 4.69) is 61.5 Å². The first-order valence-electron chi connectivity index (χ1n) is 7.84. The second-order valence-electron chi connectivity index (χ2n) is 5.99. The van der Waals surface area contributed by atoms with Gasteiger partial charge in [-0.1, -0.05) is 44.2 Å². The SMILES string of the molecule is CNC(CCc1cccnc1)Cc1ccc(C(C)C)cc1. The summed E-state index contributed by atoms with van der Waals surface area (Å²) >= 11 is 0. The van der Waals surface area contributed by atoms with Crippen LogP contribution in [-0.4, -0.2) is 18.1 Å². The van der Waals surface area contributed by atoms with Crippen LogP contribution in [0.25, 0.3) is 0 Å². The third-order valence-corrected chi connectivity index (χ3v) is 4.04. The second-order valence-corrected chi connectivity index (χ2v) is 5.99. The lowest BCUT2D eigenvalue weighted by molar-refractivity contribution is 0.520. The molecule has 0 aliphatic heterocycles. The van der Waals surface area contributed by atoms with Crippen molar-refractivity contribution in [2.75, 3.05) is 7.05 Å². The Morgan fingerprint density at radius 2 is 1.81 bits per heavy atom. The van der Waals surface area contributed by atoms with Crippen LogP contribution in [0.2, 0.25) is 0 Å². The third kappa shape index (κ3) is 4.98. The van der Waals surface area contributed by atoms with E-state index < -0.39 is 0 Å². The van der Waals surface area contributed by atoms with Gasteiger partial charge in [-0.05, 0) is 55.0 Å². The maximum Gasteiger partial charge on any atom is 0.0299 e. The van der Waals surface area contributed by atoms with Crippen LogP contribution in [-0.2, 0) is 12.8 Å². The minimum atomic E-state index is 0.509. The molecule has 1 atom stereocenters.